The highest BCUT2D eigenvalue weighted by molar-refractivity contribution is 5.78. The summed E-state index contributed by atoms with van der Waals surface area (Å²) in [5, 5.41) is 0. The van der Waals surface area contributed by atoms with Crippen molar-refractivity contribution in [3.63, 3.8) is 0 Å². The topological polar surface area (TPSA) is 55.6 Å². The van der Waals surface area contributed by atoms with Crippen LogP contribution in [0.5, 0.6) is 0 Å². The van der Waals surface area contributed by atoms with Crippen LogP contribution in [0.1, 0.15) is 0 Å². The standard InChI is InChI=1S/C6H12N2O2/c1-10-5-3-8(4-5)6(9)2-7/h5H,2-4,7H2,1H3. The molecule has 4 nitrogen and oxygen atoms in total. The molecule has 10 heavy (non-hydrogen) atoms. The van der Waals surface area contributed by atoms with Gasteiger partial charge in [-0.1, -0.05) is 0 Å². The molecule has 0 aliphatic carbocycles. The number of hydrogen-bond acceptors (Lipinski definition) is 3. The largest absolute Gasteiger partial charge is 0.378 e. The average molecular weight is 144 g/mol. The van der Waals surface area contributed by atoms with Gasteiger partial charge in [0.1, 0.15) is 0 Å². The summed E-state index contributed by atoms with van der Waals surface area (Å²) in [5.74, 6) is 0.00769. The number of amides is 1. The summed E-state index contributed by atoms with van der Waals surface area (Å²) in [5.41, 5.74) is 5.14. The summed E-state index contributed by atoms with van der Waals surface area (Å²) in [6.07, 6.45) is 0.232. The first-order chi connectivity index (χ1) is 4.77. The lowest BCUT2D eigenvalue weighted by atomic mass is 10.1. The van der Waals surface area contributed by atoms with Gasteiger partial charge in [-0.25, -0.2) is 0 Å². The SMILES string of the molecule is COC1CN(C(=O)CN)C1. The molecule has 0 aromatic rings. The van der Waals surface area contributed by atoms with Gasteiger partial charge >= 0.3 is 0 Å². The van der Waals surface area contributed by atoms with Crippen molar-refractivity contribution in [3.05, 3.63) is 0 Å². The third kappa shape index (κ3) is 1.27. The van der Waals surface area contributed by atoms with E-state index in [1.165, 1.54) is 0 Å². The van der Waals surface area contributed by atoms with Crippen LogP contribution in [0.25, 0.3) is 0 Å². The van der Waals surface area contributed by atoms with Crippen LogP contribution in [0.3, 0.4) is 0 Å². The van der Waals surface area contributed by atoms with Crippen molar-refractivity contribution in [2.24, 2.45) is 5.73 Å². The van der Waals surface area contributed by atoms with Crippen LogP contribution >= 0.6 is 0 Å². The van der Waals surface area contributed by atoms with Crippen LogP contribution in [-0.4, -0.2) is 43.7 Å². The second kappa shape index (κ2) is 2.98. The summed E-state index contributed by atoms with van der Waals surface area (Å²) >= 11 is 0. The minimum Gasteiger partial charge on any atom is -0.378 e. The van der Waals surface area contributed by atoms with Gasteiger partial charge < -0.3 is 15.4 Å². The number of nitrogens with two attached hydrogens (primary N) is 1. The van der Waals surface area contributed by atoms with Crippen molar-refractivity contribution in [1.29, 1.82) is 0 Å². The second-order valence-corrected chi connectivity index (χ2v) is 2.36. The third-order valence-corrected chi connectivity index (χ3v) is 1.71. The third-order valence-electron chi connectivity index (χ3n) is 1.71. The van der Waals surface area contributed by atoms with Crippen LogP contribution in [0.2, 0.25) is 0 Å². The maximum absolute atomic E-state index is 10.8. The highest BCUT2D eigenvalue weighted by Gasteiger charge is 2.29. The predicted molar refractivity (Wildman–Crippen MR) is 36.4 cm³/mol. The summed E-state index contributed by atoms with van der Waals surface area (Å²) in [7, 11) is 1.65. The number of carbonyl (C=O) groups is 1. The zero-order valence-corrected chi connectivity index (χ0v) is 6.04. The normalized spacial score (nSPS) is 18.8. The molecule has 0 spiro atoms. The van der Waals surface area contributed by atoms with Crippen molar-refractivity contribution in [2.75, 3.05) is 26.7 Å². The average Bonchev–Trinajstić information content (AvgIpc) is 1.85. The summed E-state index contributed by atoms with van der Waals surface area (Å²) in [6.45, 7) is 1.51. The van der Waals surface area contributed by atoms with Crippen molar-refractivity contribution < 1.29 is 9.53 Å². The highest BCUT2D eigenvalue weighted by atomic mass is 16.5. The quantitative estimate of drug-likeness (QED) is 0.529. The first-order valence-corrected chi connectivity index (χ1v) is 3.28. The molecule has 58 valence electrons. The molecule has 0 radical (unpaired) electrons. The molecule has 1 amide bonds. The molecule has 2 N–H and O–H groups in total. The van der Waals surface area contributed by atoms with E-state index in [4.69, 9.17) is 10.5 Å². The maximum Gasteiger partial charge on any atom is 0.236 e. The molecule has 0 aromatic heterocycles. The lowest BCUT2D eigenvalue weighted by molar-refractivity contribution is -0.141. The predicted octanol–water partition coefficient (Wildman–Crippen LogP) is -1.20. The van der Waals surface area contributed by atoms with Gasteiger partial charge in [-0.2, -0.15) is 0 Å². The van der Waals surface area contributed by atoms with E-state index in [-0.39, 0.29) is 18.6 Å². The molecule has 1 fully saturated rings. The van der Waals surface area contributed by atoms with E-state index in [9.17, 15) is 4.79 Å². The lowest BCUT2D eigenvalue weighted by Gasteiger charge is -2.37. The first kappa shape index (κ1) is 7.50. The Morgan fingerprint density at radius 2 is 2.40 bits per heavy atom. The number of carbonyl (C=O) groups excluding carboxylic acids is 1. The van der Waals surface area contributed by atoms with Crippen molar-refractivity contribution >= 4 is 5.91 Å². The van der Waals surface area contributed by atoms with Crippen LogP contribution in [-0.2, 0) is 9.53 Å². The Labute approximate surface area is 59.9 Å². The molecular formula is C6H12N2O2. The molecule has 0 atom stereocenters. The molecule has 0 saturated carbocycles. The van der Waals surface area contributed by atoms with E-state index in [2.05, 4.69) is 0 Å². The number of methoxy groups -OCH3 is 1. The zero-order valence-electron chi connectivity index (χ0n) is 6.04. The maximum atomic E-state index is 10.8. The Hall–Kier alpha value is -0.610. The molecule has 1 heterocycles. The van der Waals surface area contributed by atoms with Crippen LogP contribution < -0.4 is 5.73 Å². The van der Waals surface area contributed by atoms with Gasteiger partial charge in [0.15, 0.2) is 0 Å². The van der Waals surface area contributed by atoms with Crippen molar-refractivity contribution in [3.8, 4) is 0 Å². The second-order valence-electron chi connectivity index (χ2n) is 2.36. The van der Waals surface area contributed by atoms with E-state index < -0.39 is 0 Å². The molecule has 4 heteroatoms. The number of ether oxygens (including phenoxy) is 1. The van der Waals surface area contributed by atoms with Crippen LogP contribution in [0.4, 0.5) is 0 Å². The van der Waals surface area contributed by atoms with E-state index in [1.807, 2.05) is 0 Å². The summed E-state index contributed by atoms with van der Waals surface area (Å²) < 4.78 is 4.98. The molecule has 1 aliphatic heterocycles. The molecule has 1 aliphatic rings. The van der Waals surface area contributed by atoms with E-state index >= 15 is 0 Å². The van der Waals surface area contributed by atoms with Crippen molar-refractivity contribution in [1.82, 2.24) is 4.90 Å². The lowest BCUT2D eigenvalue weighted by Crippen LogP contribution is -2.55. The van der Waals surface area contributed by atoms with E-state index in [1.54, 1.807) is 12.0 Å². The Morgan fingerprint density at radius 3 is 2.80 bits per heavy atom. The van der Waals surface area contributed by atoms with Gasteiger partial charge in [-0.15, -0.1) is 0 Å². The van der Waals surface area contributed by atoms with E-state index in [0.717, 1.165) is 0 Å². The minimum atomic E-state index is 0.00769. The Balaban J connectivity index is 2.19. The molecule has 0 aromatic carbocycles. The Bertz CT molecular complexity index is 132. The fraction of sp³-hybridized carbons (Fsp3) is 0.833. The highest BCUT2D eigenvalue weighted by Crippen LogP contribution is 2.09. The van der Waals surface area contributed by atoms with Gasteiger partial charge in [0.25, 0.3) is 0 Å². The van der Waals surface area contributed by atoms with Crippen LogP contribution in [0, 0.1) is 0 Å². The zero-order chi connectivity index (χ0) is 7.56. The fourth-order valence-corrected chi connectivity index (χ4v) is 0.920. The Kier molecular flexibility index (Phi) is 2.24. The first-order valence-electron chi connectivity index (χ1n) is 3.28. The van der Waals surface area contributed by atoms with E-state index in [0.29, 0.717) is 13.1 Å². The molecule has 1 rings (SSSR count). The molecule has 0 bridgehead atoms. The number of nitrogens with zero attached hydrogens (tertiary/aromatic N) is 1. The van der Waals surface area contributed by atoms with Crippen LogP contribution in [0.15, 0.2) is 0 Å². The summed E-state index contributed by atoms with van der Waals surface area (Å²) in [4.78, 5) is 12.5. The monoisotopic (exact) mass is 144 g/mol. The smallest absolute Gasteiger partial charge is 0.236 e. The van der Waals surface area contributed by atoms with Gasteiger partial charge in [-0.3, -0.25) is 4.79 Å². The summed E-state index contributed by atoms with van der Waals surface area (Å²) in [6, 6.07) is 0. The minimum absolute atomic E-state index is 0.00769. The Morgan fingerprint density at radius 1 is 1.80 bits per heavy atom. The molecule has 0 unspecified atom stereocenters. The van der Waals surface area contributed by atoms with Crippen molar-refractivity contribution in [2.45, 2.75) is 6.10 Å². The number of rotatable bonds is 2. The molecular weight excluding hydrogens is 132 g/mol. The van der Waals surface area contributed by atoms with Gasteiger partial charge in [0.05, 0.1) is 12.6 Å². The van der Waals surface area contributed by atoms with Gasteiger partial charge in [-0.05, 0) is 0 Å². The fourth-order valence-electron chi connectivity index (χ4n) is 0.920. The molecule has 1 saturated heterocycles. The van der Waals surface area contributed by atoms with Gasteiger partial charge in [0, 0.05) is 20.2 Å². The number of hydrogen-bond donors (Lipinski definition) is 1. The van der Waals surface area contributed by atoms with Gasteiger partial charge in [0.2, 0.25) is 5.91 Å². The number of likely N-dealkylation sites (tertiary alicyclic amines) is 1.